The van der Waals surface area contributed by atoms with Gasteiger partial charge in [0.15, 0.2) is 0 Å². The topological polar surface area (TPSA) is 56.7 Å². The number of aryl methyl sites for hydroxylation is 1. The molecule has 1 aromatic carbocycles. The van der Waals surface area contributed by atoms with Gasteiger partial charge in [0, 0.05) is 29.3 Å². The normalized spacial score (nSPS) is 12.7. The Kier molecular flexibility index (Phi) is 3.55. The van der Waals surface area contributed by atoms with E-state index in [1.54, 1.807) is 4.68 Å². The van der Waals surface area contributed by atoms with Crippen molar-refractivity contribution in [1.29, 1.82) is 0 Å². The van der Waals surface area contributed by atoms with Crippen molar-refractivity contribution in [1.82, 2.24) is 15.0 Å². The molecule has 0 aliphatic carbocycles. The highest BCUT2D eigenvalue weighted by Crippen LogP contribution is 2.20. The standard InChI is InChI=1S/C11H13IN4/c1-16-7-8(14-15-16)6-11(13)9-4-2-3-5-10(9)12/h2-5,7,11H,6,13H2,1H3. The van der Waals surface area contributed by atoms with Crippen molar-refractivity contribution in [3.8, 4) is 0 Å². The van der Waals surface area contributed by atoms with Gasteiger partial charge in [-0.05, 0) is 34.2 Å². The molecule has 0 spiro atoms. The van der Waals surface area contributed by atoms with Crippen LogP contribution in [-0.4, -0.2) is 15.0 Å². The molecule has 0 saturated carbocycles. The number of halogens is 1. The molecule has 1 unspecified atom stereocenters. The van der Waals surface area contributed by atoms with E-state index in [9.17, 15) is 0 Å². The van der Waals surface area contributed by atoms with Gasteiger partial charge in [-0.1, -0.05) is 23.4 Å². The predicted octanol–water partition coefficient (Wildman–Crippen LogP) is 1.66. The number of hydrogen-bond donors (Lipinski definition) is 1. The van der Waals surface area contributed by atoms with Crippen LogP contribution in [0, 0.1) is 3.57 Å². The van der Waals surface area contributed by atoms with E-state index in [1.165, 1.54) is 3.57 Å². The van der Waals surface area contributed by atoms with E-state index in [0.29, 0.717) is 6.42 Å². The number of nitrogens with zero attached hydrogens (tertiary/aromatic N) is 3. The van der Waals surface area contributed by atoms with Crippen LogP contribution in [-0.2, 0) is 13.5 Å². The van der Waals surface area contributed by atoms with Crippen LogP contribution in [0.4, 0.5) is 0 Å². The maximum Gasteiger partial charge on any atom is 0.0845 e. The van der Waals surface area contributed by atoms with Gasteiger partial charge >= 0.3 is 0 Å². The SMILES string of the molecule is Cn1cc(CC(N)c2ccccc2I)nn1. The first-order chi connectivity index (χ1) is 7.66. The molecule has 0 aliphatic heterocycles. The predicted molar refractivity (Wildman–Crippen MR) is 70.8 cm³/mol. The summed E-state index contributed by atoms with van der Waals surface area (Å²) < 4.78 is 2.88. The lowest BCUT2D eigenvalue weighted by Crippen LogP contribution is -2.14. The zero-order valence-electron chi connectivity index (χ0n) is 8.97. The molecule has 1 aromatic heterocycles. The molecular formula is C11H13IN4. The van der Waals surface area contributed by atoms with Crippen molar-refractivity contribution >= 4 is 22.6 Å². The lowest BCUT2D eigenvalue weighted by molar-refractivity contribution is 0.691. The van der Waals surface area contributed by atoms with Crippen molar-refractivity contribution < 1.29 is 0 Å². The molecule has 5 heteroatoms. The smallest absolute Gasteiger partial charge is 0.0845 e. The molecule has 16 heavy (non-hydrogen) atoms. The molecule has 1 heterocycles. The Morgan fingerprint density at radius 3 is 2.81 bits per heavy atom. The zero-order valence-corrected chi connectivity index (χ0v) is 11.1. The minimum Gasteiger partial charge on any atom is -0.324 e. The third kappa shape index (κ3) is 2.59. The molecule has 2 rings (SSSR count). The molecule has 0 aliphatic rings. The number of hydrogen-bond acceptors (Lipinski definition) is 3. The summed E-state index contributed by atoms with van der Waals surface area (Å²) in [5.74, 6) is 0. The molecule has 2 aromatic rings. The molecule has 1 atom stereocenters. The summed E-state index contributed by atoms with van der Waals surface area (Å²) in [5, 5.41) is 7.94. The average Bonchev–Trinajstić information content (AvgIpc) is 2.64. The molecule has 0 radical (unpaired) electrons. The summed E-state index contributed by atoms with van der Waals surface area (Å²) >= 11 is 2.30. The van der Waals surface area contributed by atoms with Crippen LogP contribution in [0.1, 0.15) is 17.3 Å². The maximum absolute atomic E-state index is 6.16. The van der Waals surface area contributed by atoms with Gasteiger partial charge in [-0.3, -0.25) is 4.68 Å². The van der Waals surface area contributed by atoms with Gasteiger partial charge in [-0.15, -0.1) is 5.10 Å². The van der Waals surface area contributed by atoms with Crippen molar-refractivity contribution in [2.45, 2.75) is 12.5 Å². The van der Waals surface area contributed by atoms with Crippen LogP contribution in [0.5, 0.6) is 0 Å². The Labute approximate surface area is 108 Å². The lowest BCUT2D eigenvalue weighted by Gasteiger charge is -2.11. The fourth-order valence-electron chi connectivity index (χ4n) is 1.60. The Bertz CT molecular complexity index is 480. The number of benzene rings is 1. The monoisotopic (exact) mass is 328 g/mol. The Morgan fingerprint density at radius 2 is 2.19 bits per heavy atom. The van der Waals surface area contributed by atoms with Crippen LogP contribution in [0.15, 0.2) is 30.5 Å². The molecule has 0 fully saturated rings. The Hall–Kier alpha value is -0.950. The highest BCUT2D eigenvalue weighted by atomic mass is 127. The van der Waals surface area contributed by atoms with Crippen LogP contribution in [0.3, 0.4) is 0 Å². The average molecular weight is 328 g/mol. The van der Waals surface area contributed by atoms with E-state index < -0.39 is 0 Å². The Balaban J connectivity index is 2.14. The second kappa shape index (κ2) is 4.92. The summed E-state index contributed by atoms with van der Waals surface area (Å²) in [6, 6.07) is 8.12. The van der Waals surface area contributed by atoms with Gasteiger partial charge in [0.1, 0.15) is 0 Å². The second-order valence-electron chi connectivity index (χ2n) is 3.72. The van der Waals surface area contributed by atoms with Crippen molar-refractivity contribution in [2.24, 2.45) is 12.8 Å². The molecule has 0 amide bonds. The van der Waals surface area contributed by atoms with E-state index in [2.05, 4.69) is 45.0 Å². The summed E-state index contributed by atoms with van der Waals surface area (Å²) in [6.07, 6.45) is 2.61. The van der Waals surface area contributed by atoms with Gasteiger partial charge in [-0.2, -0.15) is 0 Å². The first-order valence-electron chi connectivity index (χ1n) is 5.02. The Morgan fingerprint density at radius 1 is 1.44 bits per heavy atom. The molecule has 0 bridgehead atoms. The first kappa shape index (κ1) is 11.5. The van der Waals surface area contributed by atoms with Crippen LogP contribution in [0.2, 0.25) is 0 Å². The molecule has 0 saturated heterocycles. The van der Waals surface area contributed by atoms with E-state index in [0.717, 1.165) is 11.3 Å². The molecule has 2 N–H and O–H groups in total. The van der Waals surface area contributed by atoms with Gasteiger partial charge in [0.05, 0.1) is 5.69 Å². The van der Waals surface area contributed by atoms with Crippen molar-refractivity contribution in [3.63, 3.8) is 0 Å². The highest BCUT2D eigenvalue weighted by molar-refractivity contribution is 14.1. The van der Waals surface area contributed by atoms with Gasteiger partial charge < -0.3 is 5.73 Å². The first-order valence-corrected chi connectivity index (χ1v) is 6.10. The molecule has 4 nitrogen and oxygen atoms in total. The summed E-state index contributed by atoms with van der Waals surface area (Å²) in [4.78, 5) is 0. The van der Waals surface area contributed by atoms with Crippen molar-refractivity contribution in [3.05, 3.63) is 45.3 Å². The fourth-order valence-corrected chi connectivity index (χ4v) is 2.39. The third-order valence-corrected chi connectivity index (χ3v) is 3.37. The number of aromatic nitrogens is 3. The minimum atomic E-state index is -0.0233. The van der Waals surface area contributed by atoms with Crippen molar-refractivity contribution in [2.75, 3.05) is 0 Å². The summed E-state index contributed by atoms with van der Waals surface area (Å²) in [5.41, 5.74) is 8.24. The maximum atomic E-state index is 6.16. The quantitative estimate of drug-likeness (QED) is 0.872. The highest BCUT2D eigenvalue weighted by Gasteiger charge is 2.11. The van der Waals surface area contributed by atoms with E-state index >= 15 is 0 Å². The van der Waals surface area contributed by atoms with E-state index in [4.69, 9.17) is 5.73 Å². The van der Waals surface area contributed by atoms with Gasteiger partial charge in [0.25, 0.3) is 0 Å². The van der Waals surface area contributed by atoms with Crippen LogP contribution >= 0.6 is 22.6 Å². The zero-order chi connectivity index (χ0) is 11.5. The number of nitrogens with two attached hydrogens (primary N) is 1. The van der Waals surface area contributed by atoms with E-state index in [-0.39, 0.29) is 6.04 Å². The summed E-state index contributed by atoms with van der Waals surface area (Å²) in [7, 11) is 1.86. The van der Waals surface area contributed by atoms with Gasteiger partial charge in [-0.25, -0.2) is 0 Å². The number of rotatable bonds is 3. The van der Waals surface area contributed by atoms with Crippen LogP contribution in [0.25, 0.3) is 0 Å². The molecular weight excluding hydrogens is 315 g/mol. The second-order valence-corrected chi connectivity index (χ2v) is 4.88. The summed E-state index contributed by atoms with van der Waals surface area (Å²) in [6.45, 7) is 0. The molecule has 84 valence electrons. The largest absolute Gasteiger partial charge is 0.324 e. The minimum absolute atomic E-state index is 0.0233. The van der Waals surface area contributed by atoms with Gasteiger partial charge in [0.2, 0.25) is 0 Å². The fraction of sp³-hybridized carbons (Fsp3) is 0.273. The third-order valence-electron chi connectivity index (χ3n) is 2.38. The van der Waals surface area contributed by atoms with Crippen LogP contribution < -0.4 is 5.73 Å². The lowest BCUT2D eigenvalue weighted by atomic mass is 10.0. The van der Waals surface area contributed by atoms with E-state index in [1.807, 2.05) is 25.4 Å².